The number of esters is 1. The SMILES string of the molecule is C#CCOc1c(Cl)cc(/C=C2\C(=O)NC(=O)N(c3ccc(C(=O)OCC)cc3)C2=O)cc1OC. The van der Waals surface area contributed by atoms with E-state index in [0.717, 1.165) is 4.90 Å². The molecule has 1 heterocycles. The molecule has 174 valence electrons. The fourth-order valence-corrected chi connectivity index (χ4v) is 3.37. The first kappa shape index (κ1) is 24.4. The van der Waals surface area contributed by atoms with Crippen LogP contribution in [0.4, 0.5) is 10.5 Å². The third-order valence-corrected chi connectivity index (χ3v) is 4.88. The van der Waals surface area contributed by atoms with Gasteiger partial charge in [-0.3, -0.25) is 14.9 Å². The van der Waals surface area contributed by atoms with Crippen LogP contribution in [-0.4, -0.2) is 44.1 Å². The standard InChI is InChI=1S/C24H19ClN2O7/c1-4-10-34-20-18(25)12-14(13-19(20)32-3)11-17-21(28)26-24(31)27(22(17)29)16-8-6-15(7-9-16)23(30)33-5-2/h1,6-9,11-13H,5,10H2,2-3H3,(H,26,28,31)/b17-11+. The molecule has 0 aromatic heterocycles. The molecule has 0 aliphatic carbocycles. The number of ether oxygens (including phenoxy) is 3. The number of hydrogen-bond acceptors (Lipinski definition) is 7. The minimum atomic E-state index is -0.926. The van der Waals surface area contributed by atoms with Gasteiger partial charge in [0, 0.05) is 0 Å². The van der Waals surface area contributed by atoms with Crippen LogP contribution in [0.5, 0.6) is 11.5 Å². The quantitative estimate of drug-likeness (QED) is 0.279. The predicted molar refractivity (Wildman–Crippen MR) is 124 cm³/mol. The molecule has 34 heavy (non-hydrogen) atoms. The Kier molecular flexibility index (Phi) is 7.56. The first-order valence-electron chi connectivity index (χ1n) is 9.93. The molecule has 0 bridgehead atoms. The summed E-state index contributed by atoms with van der Waals surface area (Å²) >= 11 is 6.26. The summed E-state index contributed by atoms with van der Waals surface area (Å²) < 4.78 is 15.6. The smallest absolute Gasteiger partial charge is 0.338 e. The second-order valence-corrected chi connectivity index (χ2v) is 7.16. The monoisotopic (exact) mass is 482 g/mol. The number of hydrogen-bond donors (Lipinski definition) is 1. The van der Waals surface area contributed by atoms with Crippen LogP contribution in [0.25, 0.3) is 6.08 Å². The van der Waals surface area contributed by atoms with E-state index in [-0.39, 0.29) is 46.6 Å². The number of urea groups is 1. The van der Waals surface area contributed by atoms with Crippen molar-refractivity contribution in [2.45, 2.75) is 6.92 Å². The third-order valence-electron chi connectivity index (χ3n) is 4.60. The molecule has 0 unspecified atom stereocenters. The fraction of sp³-hybridized carbons (Fsp3) is 0.167. The molecular formula is C24H19ClN2O7. The predicted octanol–water partition coefficient (Wildman–Crippen LogP) is 3.20. The molecular weight excluding hydrogens is 464 g/mol. The molecule has 2 aromatic rings. The van der Waals surface area contributed by atoms with Crippen LogP contribution in [0.2, 0.25) is 5.02 Å². The van der Waals surface area contributed by atoms with Gasteiger partial charge in [-0.2, -0.15) is 0 Å². The highest BCUT2D eigenvalue weighted by Gasteiger charge is 2.37. The summed E-state index contributed by atoms with van der Waals surface area (Å²) in [4.78, 5) is 50.6. The van der Waals surface area contributed by atoms with Crippen molar-refractivity contribution in [2.75, 3.05) is 25.2 Å². The van der Waals surface area contributed by atoms with Gasteiger partial charge < -0.3 is 14.2 Å². The number of amides is 4. The van der Waals surface area contributed by atoms with E-state index < -0.39 is 23.8 Å². The summed E-state index contributed by atoms with van der Waals surface area (Å²) in [7, 11) is 1.39. The van der Waals surface area contributed by atoms with E-state index >= 15 is 0 Å². The second-order valence-electron chi connectivity index (χ2n) is 6.75. The molecule has 0 spiro atoms. The second kappa shape index (κ2) is 10.6. The van der Waals surface area contributed by atoms with Crippen molar-refractivity contribution in [1.29, 1.82) is 0 Å². The van der Waals surface area contributed by atoms with E-state index in [9.17, 15) is 19.2 Å². The third kappa shape index (κ3) is 5.03. The van der Waals surface area contributed by atoms with Crippen molar-refractivity contribution >= 4 is 47.2 Å². The van der Waals surface area contributed by atoms with Gasteiger partial charge in [0.2, 0.25) is 0 Å². The van der Waals surface area contributed by atoms with E-state index in [1.165, 1.54) is 49.6 Å². The van der Waals surface area contributed by atoms with Gasteiger partial charge in [0.1, 0.15) is 12.2 Å². The van der Waals surface area contributed by atoms with E-state index in [2.05, 4.69) is 11.2 Å². The Balaban J connectivity index is 1.95. The lowest BCUT2D eigenvalue weighted by Crippen LogP contribution is -2.54. The van der Waals surface area contributed by atoms with Crippen molar-refractivity contribution < 1.29 is 33.4 Å². The number of benzene rings is 2. The van der Waals surface area contributed by atoms with Gasteiger partial charge in [0.25, 0.3) is 11.8 Å². The van der Waals surface area contributed by atoms with Crippen molar-refractivity contribution in [3.63, 3.8) is 0 Å². The summed E-state index contributed by atoms with van der Waals surface area (Å²) in [5.41, 5.74) is 0.434. The maximum absolute atomic E-state index is 13.1. The Morgan fingerprint density at radius 2 is 1.91 bits per heavy atom. The summed E-state index contributed by atoms with van der Waals surface area (Å²) in [6.45, 7) is 1.84. The molecule has 2 aromatic carbocycles. The molecule has 1 N–H and O–H groups in total. The highest BCUT2D eigenvalue weighted by Crippen LogP contribution is 2.37. The Morgan fingerprint density at radius 3 is 2.53 bits per heavy atom. The van der Waals surface area contributed by atoms with Crippen LogP contribution >= 0.6 is 11.6 Å². The molecule has 3 rings (SSSR count). The van der Waals surface area contributed by atoms with Crippen molar-refractivity contribution in [1.82, 2.24) is 5.32 Å². The number of nitrogens with one attached hydrogen (secondary N) is 1. The maximum atomic E-state index is 13.1. The lowest BCUT2D eigenvalue weighted by molar-refractivity contribution is -0.122. The van der Waals surface area contributed by atoms with Crippen molar-refractivity contribution in [3.8, 4) is 23.8 Å². The molecule has 4 amide bonds. The number of halogens is 1. The van der Waals surface area contributed by atoms with Gasteiger partial charge in [-0.1, -0.05) is 17.5 Å². The number of anilines is 1. The molecule has 0 atom stereocenters. The summed E-state index contributed by atoms with van der Waals surface area (Å²) in [5.74, 6) is 0.485. The zero-order valence-electron chi connectivity index (χ0n) is 18.2. The van der Waals surface area contributed by atoms with Crippen LogP contribution in [0.3, 0.4) is 0 Å². The van der Waals surface area contributed by atoms with Gasteiger partial charge in [-0.25, -0.2) is 14.5 Å². The number of methoxy groups -OCH3 is 1. The van der Waals surface area contributed by atoms with E-state index in [1.54, 1.807) is 6.92 Å². The molecule has 1 fully saturated rings. The number of barbiturate groups is 1. The van der Waals surface area contributed by atoms with Crippen molar-refractivity contribution in [2.24, 2.45) is 0 Å². The van der Waals surface area contributed by atoms with E-state index in [1.807, 2.05) is 0 Å². The first-order chi connectivity index (χ1) is 16.3. The van der Waals surface area contributed by atoms with Crippen molar-refractivity contribution in [3.05, 3.63) is 58.1 Å². The Labute approximate surface area is 200 Å². The highest BCUT2D eigenvalue weighted by atomic mass is 35.5. The van der Waals surface area contributed by atoms with Crippen LogP contribution in [0.1, 0.15) is 22.8 Å². The van der Waals surface area contributed by atoms with Crippen LogP contribution in [-0.2, 0) is 14.3 Å². The zero-order chi connectivity index (χ0) is 24.8. The molecule has 9 nitrogen and oxygen atoms in total. The lowest BCUT2D eigenvalue weighted by Gasteiger charge is -2.26. The lowest BCUT2D eigenvalue weighted by atomic mass is 10.1. The normalized spacial score (nSPS) is 14.5. The fourth-order valence-electron chi connectivity index (χ4n) is 3.10. The van der Waals surface area contributed by atoms with Crippen LogP contribution in [0, 0.1) is 12.3 Å². The molecule has 1 aliphatic heterocycles. The minimum absolute atomic E-state index is 0.0383. The van der Waals surface area contributed by atoms with Crippen LogP contribution < -0.4 is 19.7 Å². The molecule has 1 saturated heterocycles. The van der Waals surface area contributed by atoms with E-state index in [4.69, 9.17) is 32.2 Å². The summed E-state index contributed by atoms with van der Waals surface area (Å²) in [6.07, 6.45) is 6.47. The molecule has 0 saturated carbocycles. The van der Waals surface area contributed by atoms with Crippen LogP contribution in [0.15, 0.2) is 42.0 Å². The Morgan fingerprint density at radius 1 is 1.21 bits per heavy atom. The number of imide groups is 2. The largest absolute Gasteiger partial charge is 0.493 e. The van der Waals surface area contributed by atoms with E-state index in [0.29, 0.717) is 5.56 Å². The number of carbonyl (C=O) groups is 4. The zero-order valence-corrected chi connectivity index (χ0v) is 19.0. The van der Waals surface area contributed by atoms with Gasteiger partial charge >= 0.3 is 12.0 Å². The number of terminal acetylenes is 1. The highest BCUT2D eigenvalue weighted by molar-refractivity contribution is 6.39. The maximum Gasteiger partial charge on any atom is 0.338 e. The summed E-state index contributed by atoms with van der Waals surface area (Å²) in [5, 5.41) is 2.27. The topological polar surface area (TPSA) is 111 Å². The average molecular weight is 483 g/mol. The van der Waals surface area contributed by atoms with Gasteiger partial charge in [0.15, 0.2) is 11.5 Å². The average Bonchev–Trinajstić information content (AvgIpc) is 2.81. The minimum Gasteiger partial charge on any atom is -0.493 e. The number of carbonyl (C=O) groups excluding carboxylic acids is 4. The number of rotatable bonds is 7. The number of nitrogens with zero attached hydrogens (tertiary/aromatic N) is 1. The molecule has 10 heteroatoms. The van der Waals surface area contributed by atoms with Gasteiger partial charge in [-0.15, -0.1) is 6.42 Å². The van der Waals surface area contributed by atoms with Gasteiger partial charge in [0.05, 0.1) is 30.0 Å². The Bertz CT molecular complexity index is 1230. The first-order valence-corrected chi connectivity index (χ1v) is 10.3. The summed E-state index contributed by atoms with van der Waals surface area (Å²) in [6, 6.07) is 7.65. The van der Waals surface area contributed by atoms with Gasteiger partial charge in [-0.05, 0) is 55.0 Å². The molecule has 1 aliphatic rings. The molecule has 0 radical (unpaired) electrons. The Hall–Kier alpha value is -4.29.